The molecule has 14 heteroatoms. The van der Waals surface area contributed by atoms with E-state index in [1.54, 1.807) is 17.0 Å². The number of carbonyl (C=O) groups is 4. The number of piperidine rings is 3. The van der Waals surface area contributed by atoms with Gasteiger partial charge in [0.25, 0.3) is 0 Å². The van der Waals surface area contributed by atoms with Crippen LogP contribution in [0.1, 0.15) is 56.6 Å². The number of phenols is 1. The number of nitrogens with zero attached hydrogens (tertiary/aromatic N) is 4. The van der Waals surface area contributed by atoms with Crippen molar-refractivity contribution in [1.82, 2.24) is 24.9 Å². The Morgan fingerprint density at radius 1 is 0.922 bits per heavy atom. The van der Waals surface area contributed by atoms with Crippen molar-refractivity contribution in [2.24, 2.45) is 11.8 Å². The minimum absolute atomic E-state index is 0.0117. The lowest BCUT2D eigenvalue weighted by molar-refractivity contribution is -0.144. The first-order valence-electron chi connectivity index (χ1n) is 18.1. The molecule has 4 aliphatic heterocycles. The molecule has 0 spiro atoms. The quantitative estimate of drug-likeness (QED) is 0.282. The van der Waals surface area contributed by atoms with E-state index < -0.39 is 6.04 Å². The largest absolute Gasteiger partial charge is 0.506 e. The highest BCUT2D eigenvalue weighted by molar-refractivity contribution is 9.11. The topological polar surface area (TPSA) is 135 Å². The summed E-state index contributed by atoms with van der Waals surface area (Å²) in [5.41, 5.74) is 2.72. The number of halogens is 2. The highest BCUT2D eigenvalue weighted by Gasteiger charge is 2.36. The molecular weight excluding hydrogens is 784 g/mol. The number of para-hydroxylation sites is 1. The molecule has 0 unspecified atom stereocenters. The average molecular weight is 833 g/mol. The summed E-state index contributed by atoms with van der Waals surface area (Å²) in [5, 5.41) is 16.3. The molecule has 4 aliphatic rings. The third-order valence-corrected chi connectivity index (χ3v) is 12.2. The first kappa shape index (κ1) is 37.4. The zero-order chi connectivity index (χ0) is 36.1. The predicted octanol–water partition coefficient (Wildman–Crippen LogP) is 5.56. The van der Waals surface area contributed by atoms with E-state index in [0.717, 1.165) is 55.6 Å². The molecule has 5 amide bonds. The van der Waals surface area contributed by atoms with Crippen LogP contribution < -0.4 is 10.6 Å². The molecule has 12 nitrogen and oxygen atoms in total. The highest BCUT2D eigenvalue weighted by Crippen LogP contribution is 2.35. The van der Waals surface area contributed by atoms with Crippen molar-refractivity contribution < 1.29 is 29.0 Å². The van der Waals surface area contributed by atoms with Gasteiger partial charge in [-0.25, -0.2) is 9.59 Å². The molecule has 3 fully saturated rings. The van der Waals surface area contributed by atoms with Crippen molar-refractivity contribution in [2.75, 3.05) is 57.7 Å². The fourth-order valence-corrected chi connectivity index (χ4v) is 9.37. The number of rotatable bonds is 9. The van der Waals surface area contributed by atoms with E-state index in [9.17, 15) is 24.3 Å². The molecular formula is C37H48Br2N6O6. The van der Waals surface area contributed by atoms with Crippen LogP contribution in [0.5, 0.6) is 5.75 Å². The Hall–Kier alpha value is -3.36. The molecule has 2 aromatic rings. The lowest BCUT2D eigenvalue weighted by Gasteiger charge is -2.41. The number of benzene rings is 2. The van der Waals surface area contributed by atoms with Gasteiger partial charge < -0.3 is 35.2 Å². The summed E-state index contributed by atoms with van der Waals surface area (Å²) in [4.78, 5) is 60.4. The van der Waals surface area contributed by atoms with Gasteiger partial charge in [-0.3, -0.25) is 14.5 Å². The van der Waals surface area contributed by atoms with Crippen molar-refractivity contribution in [1.29, 1.82) is 0 Å². The molecule has 51 heavy (non-hydrogen) atoms. The summed E-state index contributed by atoms with van der Waals surface area (Å²) in [5.74, 6) is 0.890. The molecule has 1 atom stereocenters. The van der Waals surface area contributed by atoms with Crippen molar-refractivity contribution >= 4 is 61.5 Å². The zero-order valence-corrected chi connectivity index (χ0v) is 32.3. The number of hydrogen-bond acceptors (Lipinski definition) is 7. The Morgan fingerprint density at radius 3 is 2.18 bits per heavy atom. The second-order valence-electron chi connectivity index (χ2n) is 14.1. The molecule has 0 bridgehead atoms. The standard InChI is InChI=1S/C37H48Br2N6O6/c1-2-51-33(46)23-42-13-7-25(8-14-42)26-9-15-43(16-10-26)35(48)32(21-24-19-29(38)34(47)30(39)20-24)41-36(49)44-17-11-28(12-18-44)45-22-27-5-3-4-6-31(27)40-37(45)50/h3-6,19-20,25-26,28,32,47H,2,7-18,21-23H2,1H3,(H,40,50)(H,41,49)/t32-/m1/s1. The molecule has 6 rings (SSSR count). The van der Waals surface area contributed by atoms with Crippen LogP contribution in [0.3, 0.4) is 0 Å². The monoisotopic (exact) mass is 830 g/mol. The van der Waals surface area contributed by atoms with Gasteiger partial charge >= 0.3 is 18.0 Å². The number of urea groups is 2. The van der Waals surface area contributed by atoms with Gasteiger partial charge in [-0.05, 0) is 132 Å². The minimum atomic E-state index is -0.786. The number of ether oxygens (including phenoxy) is 1. The summed E-state index contributed by atoms with van der Waals surface area (Å²) in [6.07, 6.45) is 5.45. The number of aromatic hydroxyl groups is 1. The van der Waals surface area contributed by atoms with E-state index in [2.05, 4.69) is 47.4 Å². The second-order valence-corrected chi connectivity index (χ2v) is 15.8. The summed E-state index contributed by atoms with van der Waals surface area (Å²) >= 11 is 6.81. The fourth-order valence-electron chi connectivity index (χ4n) is 8.09. The molecule has 3 saturated heterocycles. The molecule has 3 N–H and O–H groups in total. The molecule has 2 aromatic carbocycles. The highest BCUT2D eigenvalue weighted by atomic mass is 79.9. The fraction of sp³-hybridized carbons (Fsp3) is 0.568. The number of fused-ring (bicyclic) bond motifs is 1. The van der Waals surface area contributed by atoms with Gasteiger partial charge in [-0.2, -0.15) is 0 Å². The Kier molecular flexibility index (Phi) is 12.5. The predicted molar refractivity (Wildman–Crippen MR) is 200 cm³/mol. The van der Waals surface area contributed by atoms with Crippen molar-refractivity contribution in [3.05, 3.63) is 56.5 Å². The minimum Gasteiger partial charge on any atom is -0.506 e. The van der Waals surface area contributed by atoms with Crippen molar-refractivity contribution in [2.45, 2.75) is 70.5 Å². The summed E-state index contributed by atoms with van der Waals surface area (Å²) in [6, 6.07) is 10.2. The molecule has 0 aliphatic carbocycles. The SMILES string of the molecule is CCOC(=O)CN1CCC(C2CCN(C(=O)[C@@H](Cc3cc(Br)c(O)c(Br)c3)NC(=O)N3CCC(N4Cc5ccccc5NC4=O)CC3)CC2)CC1. The van der Waals surface area contributed by atoms with E-state index in [1.165, 1.54) is 0 Å². The summed E-state index contributed by atoms with van der Waals surface area (Å²) in [7, 11) is 0. The van der Waals surface area contributed by atoms with E-state index >= 15 is 0 Å². The van der Waals surface area contributed by atoms with Gasteiger partial charge in [0, 0.05) is 50.9 Å². The first-order chi connectivity index (χ1) is 24.6. The van der Waals surface area contributed by atoms with Crippen LogP contribution in [0.2, 0.25) is 0 Å². The summed E-state index contributed by atoms with van der Waals surface area (Å²) in [6.45, 7) is 7.09. The van der Waals surface area contributed by atoms with E-state index in [-0.39, 0.29) is 42.2 Å². The van der Waals surface area contributed by atoms with Gasteiger partial charge in [0.2, 0.25) is 5.91 Å². The Labute approximate surface area is 316 Å². The third-order valence-electron chi connectivity index (χ3n) is 11.0. The van der Waals surface area contributed by atoms with Crippen LogP contribution in [0.25, 0.3) is 0 Å². The third kappa shape index (κ3) is 9.18. The molecule has 0 saturated carbocycles. The number of esters is 1. The molecule has 4 heterocycles. The number of amides is 5. The normalized spacial score (nSPS) is 20.1. The van der Waals surface area contributed by atoms with Crippen LogP contribution in [-0.2, 0) is 27.3 Å². The number of anilines is 1. The van der Waals surface area contributed by atoms with Crippen LogP contribution >= 0.6 is 31.9 Å². The smallest absolute Gasteiger partial charge is 0.322 e. The number of likely N-dealkylation sites (tertiary alicyclic amines) is 3. The maximum atomic E-state index is 14.2. The number of phenolic OH excluding ortho intramolecular Hbond substituents is 1. The zero-order valence-electron chi connectivity index (χ0n) is 29.1. The number of nitrogens with one attached hydrogen (secondary N) is 2. The molecule has 0 radical (unpaired) electrons. The molecule has 0 aromatic heterocycles. The number of carbonyl (C=O) groups excluding carboxylic acids is 4. The Bertz CT molecular complexity index is 1560. The van der Waals surface area contributed by atoms with E-state index in [0.29, 0.717) is 79.5 Å². The maximum absolute atomic E-state index is 14.2. The van der Waals surface area contributed by atoms with Crippen LogP contribution in [0.4, 0.5) is 15.3 Å². The van der Waals surface area contributed by atoms with Gasteiger partial charge in [0.1, 0.15) is 11.8 Å². The average Bonchev–Trinajstić information content (AvgIpc) is 3.13. The van der Waals surface area contributed by atoms with Gasteiger partial charge in [0.05, 0.1) is 22.1 Å². The van der Waals surface area contributed by atoms with Crippen LogP contribution in [-0.4, -0.2) is 113 Å². The first-order valence-corrected chi connectivity index (χ1v) is 19.7. The Morgan fingerprint density at radius 2 is 1.53 bits per heavy atom. The maximum Gasteiger partial charge on any atom is 0.322 e. The van der Waals surface area contributed by atoms with Crippen molar-refractivity contribution in [3.8, 4) is 5.75 Å². The van der Waals surface area contributed by atoms with Gasteiger partial charge in [0.15, 0.2) is 0 Å². The van der Waals surface area contributed by atoms with Crippen molar-refractivity contribution in [3.63, 3.8) is 0 Å². The van der Waals surface area contributed by atoms with E-state index in [4.69, 9.17) is 4.74 Å². The van der Waals surface area contributed by atoms with Gasteiger partial charge in [-0.15, -0.1) is 0 Å². The van der Waals surface area contributed by atoms with Crippen LogP contribution in [0, 0.1) is 11.8 Å². The molecule has 276 valence electrons. The second kappa shape index (κ2) is 17.0. The van der Waals surface area contributed by atoms with Gasteiger partial charge in [-0.1, -0.05) is 18.2 Å². The summed E-state index contributed by atoms with van der Waals surface area (Å²) < 4.78 is 6.13. The lowest BCUT2D eigenvalue weighted by atomic mass is 9.78. The van der Waals surface area contributed by atoms with Crippen LogP contribution in [0.15, 0.2) is 45.3 Å². The Balaban J connectivity index is 1.05. The lowest BCUT2D eigenvalue weighted by Crippen LogP contribution is -2.57. The number of hydrogen-bond donors (Lipinski definition) is 3. The van der Waals surface area contributed by atoms with E-state index in [1.807, 2.05) is 41.0 Å².